The number of nitrogens with one attached hydrogen (secondary N) is 1. The molecule has 4 rings (SSSR count). The fourth-order valence-electron chi connectivity index (χ4n) is 3.08. The van der Waals surface area contributed by atoms with Crippen molar-refractivity contribution in [2.75, 3.05) is 10.7 Å². The minimum absolute atomic E-state index is 0.0528. The Morgan fingerprint density at radius 3 is 2.69 bits per heavy atom. The van der Waals surface area contributed by atoms with Crippen LogP contribution in [0.25, 0.3) is 0 Å². The molecule has 0 saturated carbocycles. The zero-order valence-electron chi connectivity index (χ0n) is 15.5. The summed E-state index contributed by atoms with van der Waals surface area (Å²) in [6.45, 7) is 0.809. The summed E-state index contributed by atoms with van der Waals surface area (Å²) in [7, 11) is 0. The van der Waals surface area contributed by atoms with Crippen molar-refractivity contribution in [1.82, 2.24) is 10.3 Å². The average Bonchev–Trinajstić information content (AvgIpc) is 2.75. The monoisotopic (exact) mass is 423 g/mol. The third-order valence-corrected chi connectivity index (χ3v) is 5.98. The van der Waals surface area contributed by atoms with E-state index in [0.717, 1.165) is 21.8 Å². The lowest BCUT2D eigenvalue weighted by Gasteiger charge is -2.28. The minimum Gasteiger partial charge on any atom is -0.348 e. The van der Waals surface area contributed by atoms with E-state index >= 15 is 0 Å². The minimum atomic E-state index is -0.170. The van der Waals surface area contributed by atoms with Gasteiger partial charge in [0.25, 0.3) is 5.91 Å². The number of amides is 2. The van der Waals surface area contributed by atoms with Crippen molar-refractivity contribution in [3.05, 3.63) is 88.6 Å². The molecule has 29 heavy (non-hydrogen) atoms. The number of benzene rings is 2. The zero-order valence-corrected chi connectivity index (χ0v) is 17.0. The van der Waals surface area contributed by atoms with Gasteiger partial charge in [0.05, 0.1) is 18.0 Å². The van der Waals surface area contributed by atoms with Gasteiger partial charge in [-0.15, -0.1) is 0 Å². The van der Waals surface area contributed by atoms with Gasteiger partial charge in [0, 0.05) is 23.3 Å². The van der Waals surface area contributed by atoms with Crippen LogP contribution >= 0.6 is 23.4 Å². The average molecular weight is 424 g/mol. The van der Waals surface area contributed by atoms with Crippen LogP contribution in [-0.4, -0.2) is 22.6 Å². The Kier molecular flexibility index (Phi) is 5.83. The van der Waals surface area contributed by atoms with Crippen molar-refractivity contribution in [3.8, 4) is 0 Å². The Morgan fingerprint density at radius 2 is 1.90 bits per heavy atom. The summed E-state index contributed by atoms with van der Waals surface area (Å²) in [4.78, 5) is 30.9. The van der Waals surface area contributed by atoms with E-state index < -0.39 is 0 Å². The molecule has 146 valence electrons. The fraction of sp³-hybridized carbons (Fsp3) is 0.136. The van der Waals surface area contributed by atoms with E-state index in [1.54, 1.807) is 29.3 Å². The number of aromatic nitrogens is 1. The number of carbonyl (C=O) groups excluding carboxylic acids is 2. The molecule has 0 radical (unpaired) electrons. The van der Waals surface area contributed by atoms with Crippen LogP contribution in [0, 0.1) is 0 Å². The number of thioether (sulfide) groups is 1. The van der Waals surface area contributed by atoms with E-state index in [9.17, 15) is 9.59 Å². The van der Waals surface area contributed by atoms with Crippen molar-refractivity contribution >= 4 is 40.9 Å². The van der Waals surface area contributed by atoms with Crippen LogP contribution in [0.4, 0.5) is 5.69 Å². The molecule has 1 aromatic heterocycles. The summed E-state index contributed by atoms with van der Waals surface area (Å²) < 4.78 is 0. The molecular formula is C22H18ClN3O2S. The highest BCUT2D eigenvalue weighted by Gasteiger charge is 2.25. The summed E-state index contributed by atoms with van der Waals surface area (Å²) in [5.41, 5.74) is 3.20. The van der Waals surface area contributed by atoms with Crippen LogP contribution < -0.4 is 10.2 Å². The van der Waals surface area contributed by atoms with Gasteiger partial charge in [0.15, 0.2) is 0 Å². The molecule has 5 nitrogen and oxygen atoms in total. The van der Waals surface area contributed by atoms with Crippen molar-refractivity contribution in [2.45, 2.75) is 18.1 Å². The summed E-state index contributed by atoms with van der Waals surface area (Å²) in [6.07, 6.45) is 1.73. The highest BCUT2D eigenvalue weighted by molar-refractivity contribution is 8.00. The predicted molar refractivity (Wildman–Crippen MR) is 115 cm³/mol. The first-order valence-electron chi connectivity index (χ1n) is 9.10. The first kappa shape index (κ1) is 19.5. The van der Waals surface area contributed by atoms with E-state index in [0.29, 0.717) is 29.4 Å². The molecule has 2 heterocycles. The van der Waals surface area contributed by atoms with E-state index in [-0.39, 0.29) is 11.8 Å². The smallest absolute Gasteiger partial charge is 0.251 e. The number of hydrogen-bond acceptors (Lipinski definition) is 4. The standard InChI is InChI=1S/C22H18ClN3O2S/c23-18-5-2-1-4-17(18)12-25-21(28)16-9-7-15(8-10-16)13-26-19-6-3-11-24-22(19)29-14-20(26)27/h1-11H,12-14H2,(H,25,28). The molecule has 7 heteroatoms. The van der Waals surface area contributed by atoms with Crippen LogP contribution in [0.5, 0.6) is 0 Å². The summed E-state index contributed by atoms with van der Waals surface area (Å²) in [6, 6.07) is 18.4. The van der Waals surface area contributed by atoms with Crippen LogP contribution in [-0.2, 0) is 17.9 Å². The Balaban J connectivity index is 1.42. The third-order valence-electron chi connectivity index (χ3n) is 4.63. The second-order valence-corrected chi connectivity index (χ2v) is 7.94. The predicted octanol–water partition coefficient (Wildman–Crippen LogP) is 4.30. The Bertz CT molecular complexity index is 1060. The van der Waals surface area contributed by atoms with E-state index in [1.807, 2.05) is 42.5 Å². The molecule has 3 aromatic rings. The molecule has 0 unspecified atom stereocenters. The number of anilines is 1. The van der Waals surface area contributed by atoms with Crippen LogP contribution in [0.1, 0.15) is 21.5 Å². The van der Waals surface area contributed by atoms with Gasteiger partial charge in [-0.05, 0) is 41.5 Å². The Hall–Kier alpha value is -2.83. The molecule has 0 bridgehead atoms. The van der Waals surface area contributed by atoms with Gasteiger partial charge in [-0.2, -0.15) is 0 Å². The van der Waals surface area contributed by atoms with Crippen LogP contribution in [0.15, 0.2) is 71.9 Å². The Morgan fingerprint density at radius 1 is 1.10 bits per heavy atom. The van der Waals surface area contributed by atoms with Gasteiger partial charge < -0.3 is 10.2 Å². The normalized spacial score (nSPS) is 13.1. The largest absolute Gasteiger partial charge is 0.348 e. The van der Waals surface area contributed by atoms with Crippen molar-refractivity contribution in [2.24, 2.45) is 0 Å². The van der Waals surface area contributed by atoms with E-state index in [2.05, 4.69) is 10.3 Å². The number of rotatable bonds is 5. The molecule has 0 saturated heterocycles. The van der Waals surface area contributed by atoms with Gasteiger partial charge in [-0.1, -0.05) is 53.7 Å². The molecule has 0 spiro atoms. The number of nitrogens with zero attached hydrogens (tertiary/aromatic N) is 2. The lowest BCUT2D eigenvalue weighted by Crippen LogP contribution is -2.35. The number of fused-ring (bicyclic) bond motifs is 1. The quantitative estimate of drug-likeness (QED) is 0.664. The maximum absolute atomic E-state index is 12.4. The first-order valence-corrected chi connectivity index (χ1v) is 10.5. The first-order chi connectivity index (χ1) is 14.1. The number of halogens is 1. The number of pyridine rings is 1. The maximum Gasteiger partial charge on any atom is 0.251 e. The van der Waals surface area contributed by atoms with E-state index in [1.165, 1.54) is 11.8 Å². The fourth-order valence-corrected chi connectivity index (χ4v) is 4.16. The van der Waals surface area contributed by atoms with Gasteiger partial charge in [0.2, 0.25) is 5.91 Å². The van der Waals surface area contributed by atoms with Crippen LogP contribution in [0.3, 0.4) is 0 Å². The molecule has 1 aliphatic heterocycles. The zero-order chi connectivity index (χ0) is 20.2. The third kappa shape index (κ3) is 4.44. The number of hydrogen-bond donors (Lipinski definition) is 1. The van der Waals surface area contributed by atoms with Crippen LogP contribution in [0.2, 0.25) is 5.02 Å². The second kappa shape index (κ2) is 8.68. The number of carbonyl (C=O) groups is 2. The Labute approximate surface area is 178 Å². The summed E-state index contributed by atoms with van der Waals surface area (Å²) >= 11 is 7.58. The second-order valence-electron chi connectivity index (χ2n) is 6.57. The lowest BCUT2D eigenvalue weighted by molar-refractivity contribution is -0.116. The lowest BCUT2D eigenvalue weighted by atomic mass is 10.1. The van der Waals surface area contributed by atoms with Gasteiger partial charge in [-0.3, -0.25) is 9.59 Å². The van der Waals surface area contributed by atoms with Crippen molar-refractivity contribution < 1.29 is 9.59 Å². The molecule has 0 aliphatic carbocycles. The van der Waals surface area contributed by atoms with Crippen molar-refractivity contribution in [3.63, 3.8) is 0 Å². The van der Waals surface area contributed by atoms with Crippen molar-refractivity contribution in [1.29, 1.82) is 0 Å². The molecule has 0 fully saturated rings. The molecular weight excluding hydrogens is 406 g/mol. The van der Waals surface area contributed by atoms with Gasteiger partial charge >= 0.3 is 0 Å². The highest BCUT2D eigenvalue weighted by Crippen LogP contribution is 2.34. The van der Waals surface area contributed by atoms with Gasteiger partial charge in [-0.25, -0.2) is 4.98 Å². The molecule has 1 N–H and O–H groups in total. The topological polar surface area (TPSA) is 62.3 Å². The molecule has 2 aromatic carbocycles. The highest BCUT2D eigenvalue weighted by atomic mass is 35.5. The van der Waals surface area contributed by atoms with Gasteiger partial charge in [0.1, 0.15) is 5.03 Å². The molecule has 1 aliphatic rings. The van der Waals surface area contributed by atoms with E-state index in [4.69, 9.17) is 11.6 Å². The summed E-state index contributed by atoms with van der Waals surface area (Å²) in [5, 5.41) is 4.37. The SMILES string of the molecule is O=C(NCc1ccccc1Cl)c1ccc(CN2C(=O)CSc3ncccc32)cc1. The summed E-state index contributed by atoms with van der Waals surface area (Å²) in [5.74, 6) is 0.264. The maximum atomic E-state index is 12.4. The molecule has 0 atom stereocenters. The molecule has 2 amide bonds.